The highest BCUT2D eigenvalue weighted by atomic mass is 16.5. The monoisotopic (exact) mass is 386 g/mol. The highest BCUT2D eigenvalue weighted by molar-refractivity contribution is 5.78. The molecule has 1 heterocycles. The quantitative estimate of drug-likeness (QED) is 0.622. The van der Waals surface area contributed by atoms with Gasteiger partial charge in [0.2, 0.25) is 0 Å². The van der Waals surface area contributed by atoms with E-state index in [0.717, 1.165) is 12.3 Å². The van der Waals surface area contributed by atoms with Crippen LogP contribution >= 0.6 is 0 Å². The second-order valence-electron chi connectivity index (χ2n) is 9.02. The van der Waals surface area contributed by atoms with Crippen molar-refractivity contribution < 1.29 is 9.53 Å². The number of piperidine rings is 1. The number of hydrogen-bond donors (Lipinski definition) is 1. The van der Waals surface area contributed by atoms with E-state index in [1.165, 1.54) is 49.8 Å². The first-order valence-electron chi connectivity index (χ1n) is 11.2. The first kappa shape index (κ1) is 21.3. The molecule has 0 spiro atoms. The third-order valence-corrected chi connectivity index (χ3v) is 7.29. The standard InChI is InChI=1S/C22H32N2O2.C2H6/c1-14(2)20(23)21(25)26-16-8-7-15-12-19-17-6-4-5-9-22(17,18(15)13-16)10-11-24(19)3;1-2/h7-8,13-14,17,19-20H,4-6,9-12,23H2,1-3H3;1-2H3. The Morgan fingerprint density at radius 3 is 2.71 bits per heavy atom. The van der Waals surface area contributed by atoms with Gasteiger partial charge < -0.3 is 15.4 Å². The fraction of sp³-hybridized carbons (Fsp3) is 0.708. The number of benzene rings is 1. The van der Waals surface area contributed by atoms with Crippen molar-refractivity contribution in [2.45, 2.75) is 83.7 Å². The van der Waals surface area contributed by atoms with Gasteiger partial charge in [-0.2, -0.15) is 0 Å². The largest absolute Gasteiger partial charge is 0.425 e. The molecule has 2 fully saturated rings. The van der Waals surface area contributed by atoms with Crippen LogP contribution in [0, 0.1) is 11.8 Å². The zero-order chi connectivity index (χ0) is 20.5. The van der Waals surface area contributed by atoms with Crippen LogP contribution in [-0.2, 0) is 16.6 Å². The number of nitrogens with two attached hydrogens (primary N) is 1. The Bertz CT molecular complexity index is 702. The van der Waals surface area contributed by atoms with E-state index in [2.05, 4.69) is 24.1 Å². The highest BCUT2D eigenvalue weighted by Crippen LogP contribution is 2.55. The van der Waals surface area contributed by atoms with E-state index < -0.39 is 6.04 Å². The maximum Gasteiger partial charge on any atom is 0.328 e. The summed E-state index contributed by atoms with van der Waals surface area (Å²) in [7, 11) is 2.29. The van der Waals surface area contributed by atoms with Crippen molar-refractivity contribution in [3.63, 3.8) is 0 Å². The van der Waals surface area contributed by atoms with Gasteiger partial charge in [-0.25, -0.2) is 4.79 Å². The number of fused-ring (bicyclic) bond motifs is 1. The zero-order valence-electron chi connectivity index (χ0n) is 18.3. The average Bonchev–Trinajstić information content (AvgIpc) is 2.71. The van der Waals surface area contributed by atoms with Gasteiger partial charge in [0.1, 0.15) is 11.8 Å². The molecule has 4 nitrogen and oxygen atoms in total. The molecule has 4 atom stereocenters. The van der Waals surface area contributed by atoms with Crippen molar-refractivity contribution in [1.29, 1.82) is 0 Å². The molecule has 4 heteroatoms. The van der Waals surface area contributed by atoms with E-state index in [0.29, 0.717) is 11.8 Å². The normalized spacial score (nSPS) is 29.8. The molecule has 2 bridgehead atoms. The molecule has 0 radical (unpaired) electrons. The average molecular weight is 387 g/mol. The van der Waals surface area contributed by atoms with E-state index in [1.807, 2.05) is 33.8 Å². The van der Waals surface area contributed by atoms with Gasteiger partial charge in [-0.05, 0) is 74.4 Å². The summed E-state index contributed by atoms with van der Waals surface area (Å²) >= 11 is 0. The first-order chi connectivity index (χ1) is 13.4. The highest BCUT2D eigenvalue weighted by Gasteiger charge is 2.53. The van der Waals surface area contributed by atoms with Crippen LogP contribution in [0.2, 0.25) is 0 Å². The third kappa shape index (κ3) is 3.61. The fourth-order valence-electron chi connectivity index (χ4n) is 5.70. The summed E-state index contributed by atoms with van der Waals surface area (Å²) in [6.07, 6.45) is 7.62. The smallest absolute Gasteiger partial charge is 0.328 e. The van der Waals surface area contributed by atoms with Crippen molar-refractivity contribution in [2.75, 3.05) is 13.6 Å². The minimum absolute atomic E-state index is 0.0797. The van der Waals surface area contributed by atoms with E-state index in [-0.39, 0.29) is 17.3 Å². The Morgan fingerprint density at radius 2 is 2.00 bits per heavy atom. The predicted octanol–water partition coefficient (Wildman–Crippen LogP) is 4.29. The van der Waals surface area contributed by atoms with Gasteiger partial charge in [-0.3, -0.25) is 0 Å². The predicted molar refractivity (Wildman–Crippen MR) is 115 cm³/mol. The molecule has 28 heavy (non-hydrogen) atoms. The summed E-state index contributed by atoms with van der Waals surface area (Å²) in [5.41, 5.74) is 9.16. The van der Waals surface area contributed by atoms with Gasteiger partial charge in [-0.1, -0.05) is 46.6 Å². The lowest BCUT2D eigenvalue weighted by Crippen LogP contribution is -2.59. The molecule has 0 amide bonds. The van der Waals surface area contributed by atoms with Crippen molar-refractivity contribution in [3.8, 4) is 5.75 Å². The first-order valence-corrected chi connectivity index (χ1v) is 11.2. The molecular weight excluding hydrogens is 348 g/mol. The molecule has 4 rings (SSSR count). The van der Waals surface area contributed by atoms with Crippen LogP contribution in [0.15, 0.2) is 18.2 Å². The Balaban J connectivity index is 0.00000109. The molecule has 0 aromatic heterocycles. The summed E-state index contributed by atoms with van der Waals surface area (Å²) < 4.78 is 5.66. The summed E-state index contributed by atoms with van der Waals surface area (Å²) in [6.45, 7) is 9.06. The number of carbonyl (C=O) groups excluding carboxylic acids is 1. The van der Waals surface area contributed by atoms with Crippen molar-refractivity contribution in [1.82, 2.24) is 4.90 Å². The topological polar surface area (TPSA) is 55.6 Å². The van der Waals surface area contributed by atoms with E-state index in [4.69, 9.17) is 10.5 Å². The van der Waals surface area contributed by atoms with Gasteiger partial charge in [0.25, 0.3) is 0 Å². The van der Waals surface area contributed by atoms with E-state index in [9.17, 15) is 4.79 Å². The zero-order valence-corrected chi connectivity index (χ0v) is 18.3. The van der Waals surface area contributed by atoms with Gasteiger partial charge in [0, 0.05) is 11.5 Å². The lowest BCUT2D eigenvalue weighted by molar-refractivity contribution is -0.136. The van der Waals surface area contributed by atoms with Crippen molar-refractivity contribution >= 4 is 5.97 Å². The Morgan fingerprint density at radius 1 is 1.25 bits per heavy atom. The maximum absolute atomic E-state index is 12.3. The molecular formula is C24H38N2O2. The molecule has 2 aliphatic carbocycles. The number of hydrogen-bond acceptors (Lipinski definition) is 4. The van der Waals surface area contributed by atoms with Crippen LogP contribution in [0.4, 0.5) is 0 Å². The van der Waals surface area contributed by atoms with Crippen molar-refractivity contribution in [2.24, 2.45) is 17.6 Å². The second kappa shape index (κ2) is 8.54. The van der Waals surface area contributed by atoms with Gasteiger partial charge in [-0.15, -0.1) is 0 Å². The van der Waals surface area contributed by atoms with Crippen LogP contribution < -0.4 is 10.5 Å². The number of likely N-dealkylation sites (tertiary alicyclic amines) is 1. The third-order valence-electron chi connectivity index (χ3n) is 7.29. The SMILES string of the molecule is CC.CC(C)C(N)C(=O)Oc1ccc2c(c1)C13CCCCC1C(C2)N(C)CC3. The molecule has 1 saturated carbocycles. The molecule has 1 aromatic carbocycles. The fourth-order valence-corrected chi connectivity index (χ4v) is 5.70. The van der Waals surface area contributed by atoms with Gasteiger partial charge >= 0.3 is 5.97 Å². The molecule has 3 aliphatic rings. The number of ether oxygens (including phenoxy) is 1. The molecule has 4 unspecified atom stereocenters. The van der Waals surface area contributed by atoms with Crippen LogP contribution in [0.25, 0.3) is 0 Å². The van der Waals surface area contributed by atoms with Gasteiger partial charge in [0.05, 0.1) is 0 Å². The van der Waals surface area contributed by atoms with E-state index in [1.54, 1.807) is 0 Å². The number of rotatable bonds is 3. The molecule has 1 saturated heterocycles. The summed E-state index contributed by atoms with van der Waals surface area (Å²) in [5, 5.41) is 0. The number of likely N-dealkylation sites (N-methyl/N-ethyl adjacent to an activating group) is 1. The van der Waals surface area contributed by atoms with Crippen LogP contribution in [0.5, 0.6) is 5.75 Å². The Kier molecular flexibility index (Phi) is 6.51. The number of nitrogens with zero attached hydrogens (tertiary/aromatic N) is 1. The van der Waals surface area contributed by atoms with Crippen molar-refractivity contribution in [3.05, 3.63) is 29.3 Å². The number of esters is 1. The van der Waals surface area contributed by atoms with Crippen LogP contribution in [0.3, 0.4) is 0 Å². The number of carbonyl (C=O) groups is 1. The van der Waals surface area contributed by atoms with E-state index >= 15 is 0 Å². The summed E-state index contributed by atoms with van der Waals surface area (Å²) in [6, 6.07) is 6.41. The minimum Gasteiger partial charge on any atom is -0.425 e. The lowest BCUT2D eigenvalue weighted by atomic mass is 9.52. The lowest BCUT2D eigenvalue weighted by Gasteiger charge is -2.58. The second-order valence-corrected chi connectivity index (χ2v) is 9.02. The molecule has 1 aliphatic heterocycles. The van der Waals surface area contributed by atoms with Crippen LogP contribution in [-0.4, -0.2) is 36.5 Å². The maximum atomic E-state index is 12.3. The Hall–Kier alpha value is -1.39. The van der Waals surface area contributed by atoms with Crippen LogP contribution in [0.1, 0.15) is 70.9 Å². The minimum atomic E-state index is -0.570. The van der Waals surface area contributed by atoms with Gasteiger partial charge in [0.15, 0.2) is 0 Å². The molecule has 156 valence electrons. The Labute approximate surface area is 170 Å². The summed E-state index contributed by atoms with van der Waals surface area (Å²) in [4.78, 5) is 14.9. The molecule has 1 aromatic rings. The molecule has 2 N–H and O–H groups in total. The summed E-state index contributed by atoms with van der Waals surface area (Å²) in [5.74, 6) is 1.16.